The molecule has 0 unspecified atom stereocenters. The molecule has 2 aromatic heterocycles. The van der Waals surface area contributed by atoms with Gasteiger partial charge in [-0.25, -0.2) is 14.5 Å². The maximum Gasteiger partial charge on any atom is 0.416 e. The molecule has 1 aliphatic rings. The molecule has 4 rings (SSSR count). The maximum atomic E-state index is 13.1. The van der Waals surface area contributed by atoms with E-state index < -0.39 is 17.8 Å². The van der Waals surface area contributed by atoms with Crippen molar-refractivity contribution in [3.05, 3.63) is 53.6 Å². The number of aromatic nitrogens is 4. The van der Waals surface area contributed by atoms with Crippen LogP contribution in [0.5, 0.6) is 0 Å². The van der Waals surface area contributed by atoms with E-state index in [2.05, 4.69) is 26.5 Å². The predicted octanol–water partition coefficient (Wildman–Crippen LogP) is 4.86. The summed E-state index contributed by atoms with van der Waals surface area (Å²) in [5.41, 5.74) is 7.03. The van der Waals surface area contributed by atoms with Gasteiger partial charge in [0.1, 0.15) is 0 Å². The third kappa shape index (κ3) is 4.03. The van der Waals surface area contributed by atoms with Crippen LogP contribution in [0.15, 0.2) is 36.7 Å². The molecule has 1 aliphatic carbocycles. The van der Waals surface area contributed by atoms with E-state index in [1.807, 2.05) is 0 Å². The fourth-order valence-electron chi connectivity index (χ4n) is 3.48. The van der Waals surface area contributed by atoms with Gasteiger partial charge < -0.3 is 11.1 Å². The van der Waals surface area contributed by atoms with E-state index in [-0.39, 0.29) is 5.69 Å². The Morgan fingerprint density at radius 1 is 1.21 bits per heavy atom. The average molecular weight is 402 g/mol. The summed E-state index contributed by atoms with van der Waals surface area (Å²) in [5, 5.41) is 7.67. The summed E-state index contributed by atoms with van der Waals surface area (Å²) in [6.07, 6.45) is 5.21. The van der Waals surface area contributed by atoms with Gasteiger partial charge in [-0.15, -0.1) is 5.10 Å². The third-order valence-electron chi connectivity index (χ3n) is 4.99. The molecule has 9 heteroatoms. The Hall–Kier alpha value is -3.10. The second-order valence-electron chi connectivity index (χ2n) is 7.21. The summed E-state index contributed by atoms with van der Waals surface area (Å²) in [5.74, 6) is 1.11. The smallest absolute Gasteiger partial charge is 0.399 e. The van der Waals surface area contributed by atoms with E-state index in [0.717, 1.165) is 37.0 Å². The van der Waals surface area contributed by atoms with Gasteiger partial charge in [-0.05, 0) is 61.9 Å². The lowest BCUT2D eigenvalue weighted by atomic mass is 9.99. The monoisotopic (exact) mass is 402 g/mol. The fourth-order valence-corrected chi connectivity index (χ4v) is 3.48. The molecule has 1 atom stereocenters. The lowest BCUT2D eigenvalue weighted by Crippen LogP contribution is -2.12. The number of rotatable bonds is 4. The maximum absolute atomic E-state index is 13.1. The third-order valence-corrected chi connectivity index (χ3v) is 4.99. The molecule has 152 valence electrons. The van der Waals surface area contributed by atoms with Crippen LogP contribution >= 0.6 is 0 Å². The molecular weight excluding hydrogens is 381 g/mol. The van der Waals surface area contributed by atoms with Crippen LogP contribution in [0, 0.1) is 0 Å². The number of alkyl halides is 3. The minimum absolute atomic E-state index is 0.0589. The van der Waals surface area contributed by atoms with Gasteiger partial charge in [0.15, 0.2) is 17.3 Å². The zero-order chi connectivity index (χ0) is 20.6. The highest BCUT2D eigenvalue weighted by molar-refractivity contribution is 5.68. The first-order valence-corrected chi connectivity index (χ1v) is 9.46. The van der Waals surface area contributed by atoms with Crippen molar-refractivity contribution in [2.45, 2.75) is 44.8 Å². The van der Waals surface area contributed by atoms with Gasteiger partial charge in [-0.2, -0.15) is 13.2 Å². The molecule has 0 amide bonds. The summed E-state index contributed by atoms with van der Waals surface area (Å²) >= 11 is 0. The summed E-state index contributed by atoms with van der Waals surface area (Å²) in [4.78, 5) is 8.93. The number of hydrogen-bond acceptors (Lipinski definition) is 5. The van der Waals surface area contributed by atoms with Crippen LogP contribution in [0.1, 0.15) is 55.6 Å². The molecule has 29 heavy (non-hydrogen) atoms. The minimum Gasteiger partial charge on any atom is -0.399 e. The second-order valence-corrected chi connectivity index (χ2v) is 7.21. The largest absolute Gasteiger partial charge is 0.416 e. The Morgan fingerprint density at radius 2 is 2.03 bits per heavy atom. The van der Waals surface area contributed by atoms with Crippen LogP contribution < -0.4 is 11.1 Å². The molecule has 0 bridgehead atoms. The normalized spacial score (nSPS) is 15.9. The molecular formula is C20H21F3N6. The topological polar surface area (TPSA) is 81.1 Å². The van der Waals surface area contributed by atoms with Gasteiger partial charge in [0.25, 0.3) is 0 Å². The Morgan fingerprint density at radius 3 is 2.76 bits per heavy atom. The molecule has 2 heterocycles. The SMILES string of the molecule is C[C@@H](Nc1nccn2nc(C3=CCCCC3)nc12)c1cc(N)cc(C(F)(F)F)c1. The van der Waals surface area contributed by atoms with Crippen LogP contribution in [0.4, 0.5) is 24.7 Å². The number of nitrogen functional groups attached to an aromatic ring is 1. The predicted molar refractivity (Wildman–Crippen MR) is 105 cm³/mol. The van der Waals surface area contributed by atoms with Gasteiger partial charge >= 0.3 is 6.18 Å². The van der Waals surface area contributed by atoms with Crippen molar-refractivity contribution in [1.29, 1.82) is 0 Å². The molecule has 0 radical (unpaired) electrons. The molecule has 0 saturated heterocycles. The van der Waals surface area contributed by atoms with Crippen LogP contribution in [0.3, 0.4) is 0 Å². The molecule has 3 N–H and O–H groups in total. The summed E-state index contributed by atoms with van der Waals surface area (Å²) in [6, 6.07) is 3.08. The highest BCUT2D eigenvalue weighted by Gasteiger charge is 2.31. The van der Waals surface area contributed by atoms with Crippen molar-refractivity contribution in [1.82, 2.24) is 19.6 Å². The van der Waals surface area contributed by atoms with Crippen molar-refractivity contribution >= 4 is 22.7 Å². The molecule has 1 aromatic carbocycles. The molecule has 0 fully saturated rings. The molecule has 6 nitrogen and oxygen atoms in total. The van der Waals surface area contributed by atoms with Crippen molar-refractivity contribution in [2.75, 3.05) is 11.1 Å². The van der Waals surface area contributed by atoms with Crippen LogP contribution in [-0.4, -0.2) is 19.6 Å². The number of fused-ring (bicyclic) bond motifs is 1. The zero-order valence-electron chi connectivity index (χ0n) is 15.9. The Bertz CT molecular complexity index is 1070. The summed E-state index contributed by atoms with van der Waals surface area (Å²) < 4.78 is 41.0. The lowest BCUT2D eigenvalue weighted by molar-refractivity contribution is -0.137. The van der Waals surface area contributed by atoms with E-state index in [1.165, 1.54) is 12.5 Å². The zero-order valence-corrected chi connectivity index (χ0v) is 15.9. The number of nitrogens with zero attached hydrogens (tertiary/aromatic N) is 4. The van der Waals surface area contributed by atoms with Gasteiger partial charge in [-0.1, -0.05) is 6.08 Å². The minimum atomic E-state index is -4.46. The van der Waals surface area contributed by atoms with Crippen molar-refractivity contribution in [3.8, 4) is 0 Å². The number of halogens is 3. The number of benzene rings is 1. The van der Waals surface area contributed by atoms with Crippen molar-refractivity contribution < 1.29 is 13.2 Å². The highest BCUT2D eigenvalue weighted by Crippen LogP contribution is 2.33. The first kappa shape index (κ1) is 19.2. The fraction of sp³-hybridized carbons (Fsp3) is 0.350. The molecule has 0 spiro atoms. The van der Waals surface area contributed by atoms with Gasteiger partial charge in [0, 0.05) is 18.1 Å². The van der Waals surface area contributed by atoms with Crippen LogP contribution in [-0.2, 0) is 6.18 Å². The summed E-state index contributed by atoms with van der Waals surface area (Å²) in [6.45, 7) is 1.75. The molecule has 3 aromatic rings. The van der Waals surface area contributed by atoms with Crippen molar-refractivity contribution in [3.63, 3.8) is 0 Å². The Balaban J connectivity index is 1.65. The Labute approximate surface area is 165 Å². The Kier molecular flexibility index (Phi) is 4.89. The molecule has 0 aliphatic heterocycles. The quantitative estimate of drug-likeness (QED) is 0.610. The van der Waals surface area contributed by atoms with E-state index in [0.29, 0.717) is 22.9 Å². The van der Waals surface area contributed by atoms with Gasteiger partial charge in [-0.3, -0.25) is 0 Å². The second kappa shape index (κ2) is 7.38. The number of nitrogens with two attached hydrogens (primary N) is 1. The first-order chi connectivity index (χ1) is 13.8. The standard InChI is InChI=1S/C20H21F3N6/c1-12(14-9-15(20(21,22)23)11-16(24)10-14)26-18-19-27-17(13-5-3-2-4-6-13)28-29(19)8-7-25-18/h5,7-12H,2-4,6,24H2,1H3,(H,25,26)/t12-/m1/s1. The van der Waals surface area contributed by atoms with Gasteiger partial charge in [0.2, 0.25) is 0 Å². The number of allylic oxidation sites excluding steroid dienone is 2. The number of hydrogen-bond donors (Lipinski definition) is 2. The van der Waals surface area contributed by atoms with E-state index in [1.54, 1.807) is 23.8 Å². The van der Waals surface area contributed by atoms with E-state index >= 15 is 0 Å². The van der Waals surface area contributed by atoms with Gasteiger partial charge in [0.05, 0.1) is 11.6 Å². The highest BCUT2D eigenvalue weighted by atomic mass is 19.4. The molecule has 0 saturated carbocycles. The number of nitrogens with one attached hydrogen (secondary N) is 1. The van der Waals surface area contributed by atoms with Crippen LogP contribution in [0.2, 0.25) is 0 Å². The first-order valence-electron chi connectivity index (χ1n) is 9.46. The van der Waals surface area contributed by atoms with E-state index in [4.69, 9.17) is 5.73 Å². The average Bonchev–Trinajstić information content (AvgIpc) is 3.13. The van der Waals surface area contributed by atoms with E-state index in [9.17, 15) is 13.2 Å². The number of anilines is 2. The summed E-state index contributed by atoms with van der Waals surface area (Å²) in [7, 11) is 0. The van der Waals surface area contributed by atoms with Crippen LogP contribution in [0.25, 0.3) is 11.2 Å². The lowest BCUT2D eigenvalue weighted by Gasteiger charge is -2.17. The van der Waals surface area contributed by atoms with Crippen molar-refractivity contribution in [2.24, 2.45) is 0 Å².